The summed E-state index contributed by atoms with van der Waals surface area (Å²) in [6.07, 6.45) is 1.70. The van der Waals surface area contributed by atoms with Crippen LogP contribution < -0.4 is 10.9 Å². The van der Waals surface area contributed by atoms with E-state index in [1.807, 2.05) is 73.7 Å². The Balaban J connectivity index is 1.84. The summed E-state index contributed by atoms with van der Waals surface area (Å²) in [5.41, 5.74) is 4.23. The second kappa shape index (κ2) is 7.21. The van der Waals surface area contributed by atoms with E-state index in [4.69, 9.17) is 4.98 Å². The molecule has 1 amide bonds. The zero-order chi connectivity index (χ0) is 20.8. The predicted molar refractivity (Wildman–Crippen MR) is 128 cm³/mol. The fourth-order valence-corrected chi connectivity index (χ4v) is 4.19. The van der Waals surface area contributed by atoms with Gasteiger partial charge in [-0.2, -0.15) is 0 Å². The maximum Gasteiger partial charge on any atom is 0.266 e. The first kappa shape index (κ1) is 18.7. The van der Waals surface area contributed by atoms with Crippen molar-refractivity contribution in [1.29, 1.82) is 0 Å². The molecule has 0 saturated heterocycles. The van der Waals surface area contributed by atoms with E-state index in [0.29, 0.717) is 28.0 Å². The van der Waals surface area contributed by atoms with Gasteiger partial charge in [0, 0.05) is 14.8 Å². The van der Waals surface area contributed by atoms with E-state index in [2.05, 4.69) is 27.9 Å². The Hall–Kier alpha value is -3.26. The van der Waals surface area contributed by atoms with Gasteiger partial charge in [0.05, 0.1) is 22.2 Å². The Kier molecular flexibility index (Phi) is 4.51. The van der Waals surface area contributed by atoms with Crippen molar-refractivity contribution < 1.29 is 4.79 Å². The third-order valence-electron chi connectivity index (χ3n) is 5.10. The molecule has 146 valence electrons. The third kappa shape index (κ3) is 3.13. The van der Waals surface area contributed by atoms with Crippen LogP contribution in [0.5, 0.6) is 0 Å². The fourth-order valence-electron chi connectivity index (χ4n) is 3.70. The number of carbonyl (C=O) groups excluding carboxylic acids is 1. The number of anilines is 1. The van der Waals surface area contributed by atoms with Gasteiger partial charge in [0.1, 0.15) is 5.82 Å². The Labute approximate surface area is 186 Å². The number of halogens is 1. The van der Waals surface area contributed by atoms with Crippen molar-refractivity contribution in [3.63, 3.8) is 0 Å². The van der Waals surface area contributed by atoms with Gasteiger partial charge in [-0.05, 0) is 77.6 Å². The molecule has 0 saturated carbocycles. The van der Waals surface area contributed by atoms with E-state index in [9.17, 15) is 9.59 Å². The average Bonchev–Trinajstić information content (AvgIpc) is 3.04. The summed E-state index contributed by atoms with van der Waals surface area (Å²) in [7, 11) is 0. The van der Waals surface area contributed by atoms with Gasteiger partial charge >= 0.3 is 0 Å². The van der Waals surface area contributed by atoms with Crippen LogP contribution in [-0.2, 0) is 4.79 Å². The van der Waals surface area contributed by atoms with Crippen molar-refractivity contribution in [3.8, 4) is 5.69 Å². The summed E-state index contributed by atoms with van der Waals surface area (Å²) in [6, 6.07) is 20.8. The molecule has 1 N–H and O–H groups in total. The first-order valence-corrected chi connectivity index (χ1v) is 10.5. The molecule has 0 unspecified atom stereocenters. The largest absolute Gasteiger partial charge is 0.321 e. The van der Waals surface area contributed by atoms with Gasteiger partial charge in [0.2, 0.25) is 0 Å². The lowest BCUT2D eigenvalue weighted by Crippen LogP contribution is -2.23. The standard InChI is InChI=1S/C24H16IN3O2/c1-14-5-4-6-16(11-14)28-22(26-21-10-9-15(25)12-19(21)24(28)30)13-18-17-7-2-3-8-20(17)27-23(18)29/h2-13H,1H3,(H,27,29)/b18-13-. The number of fused-ring (bicyclic) bond motifs is 2. The molecular weight excluding hydrogens is 489 g/mol. The van der Waals surface area contributed by atoms with Crippen LogP contribution in [0.25, 0.3) is 28.2 Å². The van der Waals surface area contributed by atoms with Crippen LogP contribution in [0, 0.1) is 10.5 Å². The maximum absolute atomic E-state index is 13.5. The average molecular weight is 505 g/mol. The molecule has 5 nitrogen and oxygen atoms in total. The van der Waals surface area contributed by atoms with Crippen LogP contribution in [0.15, 0.2) is 71.5 Å². The van der Waals surface area contributed by atoms with Gasteiger partial charge in [-0.1, -0.05) is 30.3 Å². The van der Waals surface area contributed by atoms with Crippen molar-refractivity contribution >= 4 is 56.7 Å². The number of para-hydroxylation sites is 1. The van der Waals surface area contributed by atoms with Crippen LogP contribution in [0.3, 0.4) is 0 Å². The Bertz CT molecular complexity index is 1440. The quantitative estimate of drug-likeness (QED) is 0.315. The van der Waals surface area contributed by atoms with Crippen LogP contribution in [-0.4, -0.2) is 15.5 Å². The monoisotopic (exact) mass is 505 g/mol. The molecule has 0 radical (unpaired) electrons. The fraction of sp³-hybridized carbons (Fsp3) is 0.0417. The molecule has 0 spiro atoms. The number of nitrogens with zero attached hydrogens (tertiary/aromatic N) is 2. The van der Waals surface area contributed by atoms with Gasteiger partial charge in [-0.3, -0.25) is 14.2 Å². The SMILES string of the molecule is Cc1cccc(-n2c(/C=C3\C(=O)Nc4ccccc43)nc3ccc(I)cc3c2=O)c1. The molecule has 1 aromatic heterocycles. The molecule has 1 aliphatic rings. The molecule has 0 fully saturated rings. The van der Waals surface area contributed by atoms with Gasteiger partial charge in [-0.25, -0.2) is 4.98 Å². The van der Waals surface area contributed by atoms with Gasteiger partial charge in [-0.15, -0.1) is 0 Å². The van der Waals surface area contributed by atoms with Crippen LogP contribution in [0.4, 0.5) is 5.69 Å². The highest BCUT2D eigenvalue weighted by molar-refractivity contribution is 14.1. The molecule has 5 rings (SSSR count). The van der Waals surface area contributed by atoms with E-state index >= 15 is 0 Å². The van der Waals surface area contributed by atoms with Crippen molar-refractivity contribution in [2.45, 2.75) is 6.92 Å². The highest BCUT2D eigenvalue weighted by Gasteiger charge is 2.24. The molecule has 4 aromatic rings. The van der Waals surface area contributed by atoms with E-state index in [0.717, 1.165) is 20.4 Å². The minimum atomic E-state index is -0.205. The molecule has 0 atom stereocenters. The highest BCUT2D eigenvalue weighted by atomic mass is 127. The molecule has 3 aromatic carbocycles. The van der Waals surface area contributed by atoms with Crippen molar-refractivity contribution in [2.24, 2.45) is 0 Å². The predicted octanol–water partition coefficient (Wildman–Crippen LogP) is 4.79. The minimum absolute atomic E-state index is 0.164. The first-order chi connectivity index (χ1) is 14.5. The first-order valence-electron chi connectivity index (χ1n) is 9.43. The Morgan fingerprint density at radius 2 is 1.83 bits per heavy atom. The molecule has 6 heteroatoms. The number of aromatic nitrogens is 2. The number of carbonyl (C=O) groups is 1. The second-order valence-corrected chi connectivity index (χ2v) is 8.41. The van der Waals surface area contributed by atoms with Gasteiger partial charge in [0.15, 0.2) is 0 Å². The van der Waals surface area contributed by atoms with E-state index in [-0.39, 0.29) is 11.5 Å². The van der Waals surface area contributed by atoms with Crippen molar-refractivity contribution in [2.75, 3.05) is 5.32 Å². The summed E-state index contributed by atoms with van der Waals surface area (Å²) in [4.78, 5) is 30.9. The molecule has 30 heavy (non-hydrogen) atoms. The van der Waals surface area contributed by atoms with Gasteiger partial charge in [0.25, 0.3) is 11.5 Å². The van der Waals surface area contributed by atoms with Crippen molar-refractivity contribution in [1.82, 2.24) is 9.55 Å². The molecule has 0 bridgehead atoms. The van der Waals surface area contributed by atoms with E-state index in [1.54, 1.807) is 10.6 Å². The second-order valence-electron chi connectivity index (χ2n) is 7.17. The topological polar surface area (TPSA) is 64.0 Å². The third-order valence-corrected chi connectivity index (χ3v) is 5.77. The summed E-state index contributed by atoms with van der Waals surface area (Å²) in [5, 5.41) is 3.42. The van der Waals surface area contributed by atoms with Crippen molar-refractivity contribution in [3.05, 3.63) is 97.6 Å². The lowest BCUT2D eigenvalue weighted by Gasteiger charge is -2.13. The number of nitrogens with one attached hydrogen (secondary N) is 1. The van der Waals surface area contributed by atoms with Crippen LogP contribution in [0.2, 0.25) is 0 Å². The lowest BCUT2D eigenvalue weighted by molar-refractivity contribution is -0.110. The van der Waals surface area contributed by atoms with Crippen LogP contribution in [0.1, 0.15) is 17.0 Å². The smallest absolute Gasteiger partial charge is 0.266 e. The highest BCUT2D eigenvalue weighted by Crippen LogP contribution is 2.32. The molecular formula is C24H16IN3O2. The number of benzene rings is 3. The number of rotatable bonds is 2. The number of hydrogen-bond acceptors (Lipinski definition) is 3. The number of aryl methyl sites for hydroxylation is 1. The summed E-state index contributed by atoms with van der Waals surface area (Å²) >= 11 is 2.19. The summed E-state index contributed by atoms with van der Waals surface area (Å²) < 4.78 is 2.54. The zero-order valence-corrected chi connectivity index (χ0v) is 18.2. The van der Waals surface area contributed by atoms with E-state index < -0.39 is 0 Å². The normalized spacial score (nSPS) is 14.2. The number of amides is 1. The Morgan fingerprint density at radius 1 is 1.00 bits per heavy atom. The molecule has 1 aliphatic heterocycles. The maximum atomic E-state index is 13.5. The molecule has 0 aliphatic carbocycles. The summed E-state index contributed by atoms with van der Waals surface area (Å²) in [6.45, 7) is 1.98. The van der Waals surface area contributed by atoms with Crippen LogP contribution >= 0.6 is 22.6 Å². The minimum Gasteiger partial charge on any atom is -0.321 e. The van der Waals surface area contributed by atoms with Gasteiger partial charge < -0.3 is 5.32 Å². The molecule has 2 heterocycles. The number of hydrogen-bond donors (Lipinski definition) is 1. The Morgan fingerprint density at radius 3 is 2.67 bits per heavy atom. The van der Waals surface area contributed by atoms with E-state index in [1.165, 1.54) is 0 Å². The zero-order valence-electron chi connectivity index (χ0n) is 16.0. The summed E-state index contributed by atoms with van der Waals surface area (Å²) in [5.74, 6) is 0.213. The lowest BCUT2D eigenvalue weighted by atomic mass is 10.1.